The summed E-state index contributed by atoms with van der Waals surface area (Å²) in [7, 11) is 0. The predicted octanol–water partition coefficient (Wildman–Crippen LogP) is 4.27. The molecule has 1 amide bonds. The number of hydrogen-bond donors (Lipinski definition) is 1. The van der Waals surface area contributed by atoms with Crippen molar-refractivity contribution < 1.29 is 9.53 Å². The summed E-state index contributed by atoms with van der Waals surface area (Å²) in [6.07, 6.45) is 3.10. The second-order valence-corrected chi connectivity index (χ2v) is 6.17. The molecule has 6 heteroatoms. The summed E-state index contributed by atoms with van der Waals surface area (Å²) in [4.78, 5) is 16.2. The maximum atomic E-state index is 12.3. The maximum Gasteiger partial charge on any atom is 0.268 e. The average molecular weight is 361 g/mol. The van der Waals surface area contributed by atoms with Crippen molar-refractivity contribution in [1.29, 1.82) is 5.26 Å². The molecule has 128 valence electrons. The summed E-state index contributed by atoms with van der Waals surface area (Å²) in [6.45, 7) is 0.402. The monoisotopic (exact) mass is 361 g/mol. The number of nitriles is 1. The number of ether oxygens (including phenoxy) is 1. The molecule has 1 aromatic heterocycles. The largest absolute Gasteiger partial charge is 0.488 e. The van der Waals surface area contributed by atoms with Gasteiger partial charge in [0.2, 0.25) is 0 Å². The molecular weight excluding hydrogens is 346 g/mol. The summed E-state index contributed by atoms with van der Waals surface area (Å²) in [6, 6.07) is 19.0. The van der Waals surface area contributed by atoms with E-state index in [1.54, 1.807) is 17.6 Å². The zero-order chi connectivity index (χ0) is 18.2. The third-order valence-corrected chi connectivity index (χ3v) is 4.16. The second kappa shape index (κ2) is 8.60. The van der Waals surface area contributed by atoms with Gasteiger partial charge >= 0.3 is 0 Å². The minimum atomic E-state index is -0.500. The molecule has 5 nitrogen and oxygen atoms in total. The number of anilines is 1. The summed E-state index contributed by atoms with van der Waals surface area (Å²) < 4.78 is 5.86. The van der Waals surface area contributed by atoms with Gasteiger partial charge in [-0.15, -0.1) is 11.3 Å². The fourth-order valence-corrected chi connectivity index (χ4v) is 2.74. The van der Waals surface area contributed by atoms with Crippen LogP contribution in [-0.4, -0.2) is 10.9 Å². The lowest BCUT2D eigenvalue weighted by molar-refractivity contribution is -0.112. The van der Waals surface area contributed by atoms with Crippen molar-refractivity contribution in [2.24, 2.45) is 0 Å². The molecule has 1 heterocycles. The van der Waals surface area contributed by atoms with Gasteiger partial charge in [0.15, 0.2) is 5.13 Å². The Bertz CT molecular complexity index is 945. The van der Waals surface area contributed by atoms with Gasteiger partial charge < -0.3 is 4.74 Å². The van der Waals surface area contributed by atoms with Gasteiger partial charge in [-0.3, -0.25) is 10.1 Å². The summed E-state index contributed by atoms with van der Waals surface area (Å²) >= 11 is 1.29. The van der Waals surface area contributed by atoms with Crippen molar-refractivity contribution in [1.82, 2.24) is 4.98 Å². The first-order chi connectivity index (χ1) is 12.8. The Morgan fingerprint density at radius 2 is 1.96 bits per heavy atom. The van der Waals surface area contributed by atoms with Crippen LogP contribution in [0.2, 0.25) is 0 Å². The van der Waals surface area contributed by atoms with Crippen LogP contribution in [0.3, 0.4) is 0 Å². The zero-order valence-electron chi connectivity index (χ0n) is 13.8. The van der Waals surface area contributed by atoms with Crippen LogP contribution in [0.5, 0.6) is 5.75 Å². The molecule has 0 bridgehead atoms. The second-order valence-electron chi connectivity index (χ2n) is 5.27. The molecule has 0 spiro atoms. The lowest BCUT2D eigenvalue weighted by Gasteiger charge is -2.09. The van der Waals surface area contributed by atoms with Crippen molar-refractivity contribution >= 4 is 28.5 Å². The summed E-state index contributed by atoms with van der Waals surface area (Å²) in [5, 5.41) is 14.2. The molecular formula is C20H15N3O2S. The van der Waals surface area contributed by atoms with E-state index >= 15 is 0 Å². The third kappa shape index (κ3) is 4.56. The highest BCUT2D eigenvalue weighted by molar-refractivity contribution is 7.13. The molecule has 0 unspecified atom stereocenters. The van der Waals surface area contributed by atoms with Crippen LogP contribution in [0.15, 0.2) is 71.7 Å². The lowest BCUT2D eigenvalue weighted by Crippen LogP contribution is -2.13. The molecule has 0 atom stereocenters. The van der Waals surface area contributed by atoms with Gasteiger partial charge in [0, 0.05) is 17.1 Å². The molecule has 3 rings (SSSR count). The molecule has 0 aliphatic heterocycles. The highest BCUT2D eigenvalue weighted by atomic mass is 32.1. The van der Waals surface area contributed by atoms with E-state index in [9.17, 15) is 10.1 Å². The van der Waals surface area contributed by atoms with Crippen molar-refractivity contribution in [2.45, 2.75) is 6.61 Å². The van der Waals surface area contributed by atoms with Crippen LogP contribution in [0.4, 0.5) is 5.13 Å². The van der Waals surface area contributed by atoms with Crippen molar-refractivity contribution in [3.63, 3.8) is 0 Å². The van der Waals surface area contributed by atoms with Crippen LogP contribution >= 0.6 is 11.3 Å². The van der Waals surface area contributed by atoms with Crippen molar-refractivity contribution in [3.05, 3.63) is 82.9 Å². The standard InChI is InChI=1S/C20H15N3O2S/c21-13-17(19(24)23-20-22-10-11-26-20)12-16-8-4-5-9-18(16)25-14-15-6-2-1-3-7-15/h1-12H,14H2,(H,22,23,24). The van der Waals surface area contributed by atoms with Crippen LogP contribution in [0.25, 0.3) is 6.08 Å². The Kier molecular flexibility index (Phi) is 5.76. The first-order valence-corrected chi connectivity index (χ1v) is 8.72. The highest BCUT2D eigenvalue weighted by Crippen LogP contribution is 2.23. The van der Waals surface area contributed by atoms with Gasteiger partial charge in [-0.05, 0) is 17.7 Å². The molecule has 0 saturated heterocycles. The molecule has 0 saturated carbocycles. The maximum absolute atomic E-state index is 12.3. The number of hydrogen-bond acceptors (Lipinski definition) is 5. The van der Waals surface area contributed by atoms with E-state index in [-0.39, 0.29) is 5.57 Å². The Balaban J connectivity index is 1.78. The van der Waals surface area contributed by atoms with E-state index in [1.165, 1.54) is 17.4 Å². The number of nitrogens with one attached hydrogen (secondary N) is 1. The Labute approximate surface area is 155 Å². The smallest absolute Gasteiger partial charge is 0.268 e. The molecule has 26 heavy (non-hydrogen) atoms. The number of aromatic nitrogens is 1. The normalized spacial score (nSPS) is 10.8. The molecule has 0 aliphatic rings. The van der Waals surface area contributed by atoms with Gasteiger partial charge in [-0.1, -0.05) is 48.5 Å². The first kappa shape index (κ1) is 17.4. The van der Waals surface area contributed by atoms with E-state index < -0.39 is 5.91 Å². The molecule has 0 aliphatic carbocycles. The first-order valence-electron chi connectivity index (χ1n) is 7.84. The molecule has 0 fully saturated rings. The van der Waals surface area contributed by atoms with E-state index in [4.69, 9.17) is 4.74 Å². The van der Waals surface area contributed by atoms with Gasteiger partial charge in [0.25, 0.3) is 5.91 Å². The quantitative estimate of drug-likeness (QED) is 0.525. The van der Waals surface area contributed by atoms with Crippen LogP contribution in [-0.2, 0) is 11.4 Å². The number of thiazole rings is 1. The third-order valence-electron chi connectivity index (χ3n) is 3.47. The molecule has 3 aromatic rings. The van der Waals surface area contributed by atoms with Crippen molar-refractivity contribution in [2.75, 3.05) is 5.32 Å². The lowest BCUT2D eigenvalue weighted by atomic mass is 10.1. The number of amides is 1. The van der Waals surface area contributed by atoms with E-state index in [1.807, 2.05) is 54.6 Å². The number of rotatable bonds is 6. The Morgan fingerprint density at radius 1 is 1.19 bits per heavy atom. The number of benzene rings is 2. The Hall–Kier alpha value is -3.43. The number of carbonyl (C=O) groups excluding carboxylic acids is 1. The predicted molar refractivity (Wildman–Crippen MR) is 102 cm³/mol. The zero-order valence-corrected chi connectivity index (χ0v) is 14.6. The fraction of sp³-hybridized carbons (Fsp3) is 0.0500. The number of carbonyl (C=O) groups is 1. The minimum absolute atomic E-state index is 0.0176. The summed E-state index contributed by atoms with van der Waals surface area (Å²) in [5.41, 5.74) is 1.68. The topological polar surface area (TPSA) is 75.0 Å². The van der Waals surface area contributed by atoms with Crippen LogP contribution < -0.4 is 10.1 Å². The van der Waals surface area contributed by atoms with Gasteiger partial charge in [-0.25, -0.2) is 4.98 Å². The van der Waals surface area contributed by atoms with Gasteiger partial charge in [-0.2, -0.15) is 5.26 Å². The fourth-order valence-electron chi connectivity index (χ4n) is 2.22. The number of para-hydroxylation sites is 1. The summed E-state index contributed by atoms with van der Waals surface area (Å²) in [5.74, 6) is 0.103. The van der Waals surface area contributed by atoms with E-state index in [0.29, 0.717) is 23.1 Å². The average Bonchev–Trinajstić information content (AvgIpc) is 3.19. The SMILES string of the molecule is N#CC(=Cc1ccccc1OCc1ccccc1)C(=O)Nc1nccs1. The van der Waals surface area contributed by atoms with Crippen LogP contribution in [0, 0.1) is 11.3 Å². The Morgan fingerprint density at radius 3 is 2.69 bits per heavy atom. The highest BCUT2D eigenvalue weighted by Gasteiger charge is 2.12. The van der Waals surface area contributed by atoms with E-state index in [0.717, 1.165) is 5.56 Å². The van der Waals surface area contributed by atoms with Crippen molar-refractivity contribution in [3.8, 4) is 11.8 Å². The molecule has 0 radical (unpaired) electrons. The molecule has 2 aromatic carbocycles. The van der Waals surface area contributed by atoms with E-state index in [2.05, 4.69) is 10.3 Å². The van der Waals surface area contributed by atoms with Gasteiger partial charge in [0.05, 0.1) is 0 Å². The van der Waals surface area contributed by atoms with Gasteiger partial charge in [0.1, 0.15) is 24.0 Å². The number of nitrogens with zero attached hydrogens (tertiary/aromatic N) is 2. The minimum Gasteiger partial charge on any atom is -0.488 e. The van der Waals surface area contributed by atoms with Crippen LogP contribution in [0.1, 0.15) is 11.1 Å². The molecule has 1 N–H and O–H groups in total.